The van der Waals surface area contributed by atoms with Crippen molar-refractivity contribution >= 4 is 17.9 Å². The highest BCUT2D eigenvalue weighted by molar-refractivity contribution is 5.71. The summed E-state index contributed by atoms with van der Waals surface area (Å²) in [7, 11) is 0. The fraction of sp³-hybridized carbons (Fsp3) is 0.764. The van der Waals surface area contributed by atoms with Gasteiger partial charge in [0.15, 0.2) is 6.10 Å². The molecular formula is C55H96O6. The summed E-state index contributed by atoms with van der Waals surface area (Å²) in [5.41, 5.74) is 0. The lowest BCUT2D eigenvalue weighted by Crippen LogP contribution is -2.30. The van der Waals surface area contributed by atoms with Crippen molar-refractivity contribution in [3.63, 3.8) is 0 Å². The Labute approximate surface area is 377 Å². The highest BCUT2D eigenvalue weighted by Crippen LogP contribution is 2.13. The van der Waals surface area contributed by atoms with Gasteiger partial charge in [0.05, 0.1) is 0 Å². The molecule has 1 unspecified atom stereocenters. The van der Waals surface area contributed by atoms with E-state index in [9.17, 15) is 14.4 Å². The molecular weight excluding hydrogens is 757 g/mol. The highest BCUT2D eigenvalue weighted by atomic mass is 16.6. The van der Waals surface area contributed by atoms with Crippen molar-refractivity contribution in [2.45, 2.75) is 258 Å². The van der Waals surface area contributed by atoms with E-state index in [4.69, 9.17) is 14.2 Å². The largest absolute Gasteiger partial charge is 0.462 e. The van der Waals surface area contributed by atoms with Gasteiger partial charge in [0.1, 0.15) is 13.2 Å². The number of carbonyl (C=O) groups is 3. The molecule has 0 radical (unpaired) electrons. The van der Waals surface area contributed by atoms with E-state index in [0.717, 1.165) is 32.1 Å². The number of hydrogen-bond acceptors (Lipinski definition) is 6. The lowest BCUT2D eigenvalue weighted by Gasteiger charge is -2.18. The molecule has 6 nitrogen and oxygen atoms in total. The standard InChI is InChI=1S/C55H96O6/c1-4-7-10-13-16-19-22-25-27-30-33-36-39-42-45-48-54(57)60-51-52(50-59-53(56)47-44-41-38-35-32-29-24-21-18-15-12-9-6-3)61-55(58)49-46-43-40-37-34-31-28-26-23-20-17-14-11-8-5-2/h30-31,33-34,38-43,52H,4-29,32,35-37,44-51H2,1-3H3/b33-30-,34-31-,41-38-,42-39-,43-40-. The van der Waals surface area contributed by atoms with Gasteiger partial charge >= 0.3 is 17.9 Å². The molecule has 0 saturated carbocycles. The predicted octanol–water partition coefficient (Wildman–Crippen LogP) is 16.9. The summed E-state index contributed by atoms with van der Waals surface area (Å²) in [6, 6.07) is 0. The fourth-order valence-electron chi connectivity index (χ4n) is 7.09. The third-order valence-corrected chi connectivity index (χ3v) is 11.0. The zero-order valence-electron chi connectivity index (χ0n) is 40.2. The van der Waals surface area contributed by atoms with E-state index in [2.05, 4.69) is 69.4 Å². The molecule has 0 aromatic heterocycles. The number of allylic oxidation sites excluding steroid dienone is 10. The van der Waals surface area contributed by atoms with E-state index in [0.29, 0.717) is 19.3 Å². The van der Waals surface area contributed by atoms with Gasteiger partial charge in [-0.1, -0.05) is 223 Å². The zero-order valence-corrected chi connectivity index (χ0v) is 40.2. The Kier molecular flexibility index (Phi) is 47.4. The van der Waals surface area contributed by atoms with E-state index in [1.54, 1.807) is 0 Å². The third-order valence-electron chi connectivity index (χ3n) is 11.0. The number of esters is 3. The van der Waals surface area contributed by atoms with Crippen LogP contribution in [0.4, 0.5) is 0 Å². The first-order chi connectivity index (χ1) is 30.0. The smallest absolute Gasteiger partial charge is 0.306 e. The number of hydrogen-bond donors (Lipinski definition) is 0. The van der Waals surface area contributed by atoms with E-state index in [1.807, 2.05) is 12.2 Å². The highest BCUT2D eigenvalue weighted by Gasteiger charge is 2.19. The van der Waals surface area contributed by atoms with Gasteiger partial charge in [-0.2, -0.15) is 0 Å². The second-order valence-electron chi connectivity index (χ2n) is 17.1. The molecule has 6 heteroatoms. The maximum absolute atomic E-state index is 12.7. The minimum atomic E-state index is -0.840. The van der Waals surface area contributed by atoms with Gasteiger partial charge in [0.2, 0.25) is 0 Å². The first-order valence-electron chi connectivity index (χ1n) is 25.8. The Balaban J connectivity index is 4.54. The van der Waals surface area contributed by atoms with Crippen LogP contribution in [0.1, 0.15) is 252 Å². The average Bonchev–Trinajstić information content (AvgIpc) is 3.26. The molecule has 0 aromatic carbocycles. The molecule has 0 amide bonds. The first-order valence-corrected chi connectivity index (χ1v) is 25.8. The van der Waals surface area contributed by atoms with Crippen LogP contribution in [0.3, 0.4) is 0 Å². The molecule has 0 aliphatic rings. The van der Waals surface area contributed by atoms with Crippen molar-refractivity contribution in [3.05, 3.63) is 60.8 Å². The summed E-state index contributed by atoms with van der Waals surface area (Å²) in [5.74, 6) is -1.11. The van der Waals surface area contributed by atoms with Crippen LogP contribution in [-0.2, 0) is 28.6 Å². The fourth-order valence-corrected chi connectivity index (χ4v) is 7.09. The molecule has 0 fully saturated rings. The Morgan fingerprint density at radius 1 is 0.328 bits per heavy atom. The topological polar surface area (TPSA) is 78.9 Å². The lowest BCUT2D eigenvalue weighted by molar-refractivity contribution is -0.166. The number of carbonyl (C=O) groups excluding carboxylic acids is 3. The molecule has 0 heterocycles. The summed E-state index contributed by atoms with van der Waals surface area (Å²) in [5, 5.41) is 0. The Hall–Kier alpha value is -2.89. The maximum Gasteiger partial charge on any atom is 0.306 e. The van der Waals surface area contributed by atoms with Crippen LogP contribution in [-0.4, -0.2) is 37.2 Å². The van der Waals surface area contributed by atoms with Gasteiger partial charge in [0.25, 0.3) is 0 Å². The van der Waals surface area contributed by atoms with Crippen LogP contribution in [0.25, 0.3) is 0 Å². The van der Waals surface area contributed by atoms with Crippen LogP contribution in [0.15, 0.2) is 60.8 Å². The molecule has 0 aliphatic heterocycles. The molecule has 0 N–H and O–H groups in total. The first kappa shape index (κ1) is 58.1. The summed E-state index contributed by atoms with van der Waals surface area (Å²) in [6.45, 7) is 6.50. The molecule has 352 valence electrons. The molecule has 0 aromatic rings. The van der Waals surface area contributed by atoms with Crippen LogP contribution in [0, 0.1) is 0 Å². The quantitative estimate of drug-likeness (QED) is 0.0263. The normalized spacial score (nSPS) is 12.5. The number of ether oxygens (including phenoxy) is 3. The van der Waals surface area contributed by atoms with Crippen molar-refractivity contribution in [3.8, 4) is 0 Å². The average molecular weight is 853 g/mol. The molecule has 61 heavy (non-hydrogen) atoms. The molecule has 0 aliphatic carbocycles. The monoisotopic (exact) mass is 853 g/mol. The molecule has 0 bridgehead atoms. The van der Waals surface area contributed by atoms with Gasteiger partial charge in [-0.3, -0.25) is 14.4 Å². The van der Waals surface area contributed by atoms with Crippen LogP contribution >= 0.6 is 0 Å². The van der Waals surface area contributed by atoms with Gasteiger partial charge < -0.3 is 14.2 Å². The van der Waals surface area contributed by atoms with Gasteiger partial charge in [-0.15, -0.1) is 0 Å². The summed E-state index contributed by atoms with van der Waals surface area (Å²) in [4.78, 5) is 37.8. The molecule has 0 spiro atoms. The minimum absolute atomic E-state index is 0.134. The second kappa shape index (κ2) is 49.8. The summed E-state index contributed by atoms with van der Waals surface area (Å²) >= 11 is 0. The molecule has 0 saturated heterocycles. The number of unbranched alkanes of at least 4 members (excludes halogenated alkanes) is 25. The second-order valence-corrected chi connectivity index (χ2v) is 17.1. The van der Waals surface area contributed by atoms with Gasteiger partial charge in [-0.25, -0.2) is 0 Å². The van der Waals surface area contributed by atoms with Crippen LogP contribution in [0.2, 0.25) is 0 Å². The molecule has 0 rings (SSSR count). The SMILES string of the molecule is CCCCCCCCCC/C=C\C/C=C\CCC(=O)OCC(COC(=O)CC/C=C\CCCCCCCCCCC)OC(=O)CC/C=C\C/C=C\CCCCCCCCCC. The zero-order chi connectivity index (χ0) is 44.4. The van der Waals surface area contributed by atoms with Crippen LogP contribution in [0.5, 0.6) is 0 Å². The van der Waals surface area contributed by atoms with E-state index < -0.39 is 12.1 Å². The van der Waals surface area contributed by atoms with E-state index >= 15 is 0 Å². The maximum atomic E-state index is 12.7. The lowest BCUT2D eigenvalue weighted by atomic mass is 10.1. The summed E-state index contributed by atoms with van der Waals surface area (Å²) in [6.07, 6.45) is 61.0. The van der Waals surface area contributed by atoms with E-state index in [-0.39, 0.29) is 44.4 Å². The van der Waals surface area contributed by atoms with Gasteiger partial charge in [0, 0.05) is 19.3 Å². The van der Waals surface area contributed by atoms with Crippen molar-refractivity contribution < 1.29 is 28.6 Å². The summed E-state index contributed by atoms with van der Waals surface area (Å²) < 4.78 is 16.6. The van der Waals surface area contributed by atoms with Crippen molar-refractivity contribution in [2.24, 2.45) is 0 Å². The predicted molar refractivity (Wildman–Crippen MR) is 261 cm³/mol. The van der Waals surface area contributed by atoms with Crippen molar-refractivity contribution in [2.75, 3.05) is 13.2 Å². The Morgan fingerprint density at radius 2 is 0.590 bits per heavy atom. The van der Waals surface area contributed by atoms with Crippen LogP contribution < -0.4 is 0 Å². The minimum Gasteiger partial charge on any atom is -0.462 e. The third kappa shape index (κ3) is 48.0. The number of rotatable bonds is 46. The van der Waals surface area contributed by atoms with Gasteiger partial charge in [-0.05, 0) is 70.6 Å². The van der Waals surface area contributed by atoms with Crippen molar-refractivity contribution in [1.82, 2.24) is 0 Å². The Bertz CT molecular complexity index is 1120. The van der Waals surface area contributed by atoms with E-state index in [1.165, 1.54) is 161 Å². The Morgan fingerprint density at radius 3 is 0.934 bits per heavy atom. The van der Waals surface area contributed by atoms with Crippen molar-refractivity contribution in [1.29, 1.82) is 0 Å². The molecule has 1 atom stereocenters.